The van der Waals surface area contributed by atoms with E-state index in [0.29, 0.717) is 15.8 Å². The van der Waals surface area contributed by atoms with Gasteiger partial charge in [-0.05, 0) is 37.6 Å². The third-order valence-corrected chi connectivity index (χ3v) is 3.62. The Kier molecular flexibility index (Phi) is 3.40. The van der Waals surface area contributed by atoms with Gasteiger partial charge in [0.25, 0.3) is 5.91 Å². The second-order valence-corrected chi connectivity index (χ2v) is 5.19. The van der Waals surface area contributed by atoms with Gasteiger partial charge < -0.3 is 5.32 Å². The molecule has 0 spiro atoms. The van der Waals surface area contributed by atoms with E-state index in [1.165, 1.54) is 11.3 Å². The molecule has 4 nitrogen and oxygen atoms in total. The van der Waals surface area contributed by atoms with Gasteiger partial charge >= 0.3 is 0 Å². The van der Waals surface area contributed by atoms with Gasteiger partial charge in [0.15, 0.2) is 11.0 Å². The van der Waals surface area contributed by atoms with E-state index in [2.05, 4.69) is 15.5 Å². The third-order valence-electron chi connectivity index (χ3n) is 2.26. The van der Waals surface area contributed by atoms with Gasteiger partial charge in [0.1, 0.15) is 0 Å². The third kappa shape index (κ3) is 2.81. The number of anilines is 1. The van der Waals surface area contributed by atoms with Crippen LogP contribution in [0.15, 0.2) is 18.2 Å². The molecule has 2 aromatic heterocycles. The van der Waals surface area contributed by atoms with Gasteiger partial charge in [-0.3, -0.25) is 4.79 Å². The topological polar surface area (TPSA) is 54.9 Å². The average Bonchev–Trinajstić information content (AvgIpc) is 2.63. The summed E-state index contributed by atoms with van der Waals surface area (Å²) in [5, 5.41) is 10.4. The van der Waals surface area contributed by atoms with Crippen molar-refractivity contribution in [2.75, 3.05) is 5.32 Å². The molecule has 0 aromatic carbocycles. The fourth-order valence-corrected chi connectivity index (χ4v) is 2.28. The molecule has 17 heavy (non-hydrogen) atoms. The average molecular weight is 268 g/mol. The summed E-state index contributed by atoms with van der Waals surface area (Å²) in [6, 6.07) is 5.05. The first kappa shape index (κ1) is 12.0. The first-order chi connectivity index (χ1) is 8.06. The second-order valence-electron chi connectivity index (χ2n) is 3.55. The molecule has 0 aliphatic carbocycles. The molecule has 2 aromatic rings. The lowest BCUT2D eigenvalue weighted by atomic mass is 10.3. The lowest BCUT2D eigenvalue weighted by Gasteiger charge is -2.00. The molecular formula is C11H10ClN3OS. The number of rotatable bonds is 2. The van der Waals surface area contributed by atoms with Crippen molar-refractivity contribution in [2.24, 2.45) is 0 Å². The number of carbonyl (C=O) groups excluding carboxylic acids is 1. The van der Waals surface area contributed by atoms with E-state index in [4.69, 9.17) is 11.6 Å². The van der Waals surface area contributed by atoms with Gasteiger partial charge in [-0.15, -0.1) is 21.5 Å². The van der Waals surface area contributed by atoms with E-state index < -0.39 is 0 Å². The van der Waals surface area contributed by atoms with Crippen LogP contribution in [0.4, 0.5) is 5.82 Å². The molecule has 0 radical (unpaired) electrons. The fraction of sp³-hybridized carbons (Fsp3) is 0.182. The van der Waals surface area contributed by atoms with Crippen LogP contribution < -0.4 is 5.32 Å². The zero-order valence-electron chi connectivity index (χ0n) is 9.32. The highest BCUT2D eigenvalue weighted by Gasteiger charge is 2.11. The molecule has 0 saturated carbocycles. The van der Waals surface area contributed by atoms with Crippen molar-refractivity contribution in [1.29, 1.82) is 0 Å². The van der Waals surface area contributed by atoms with Gasteiger partial charge in [0, 0.05) is 4.88 Å². The van der Waals surface area contributed by atoms with Gasteiger partial charge in [-0.1, -0.05) is 11.6 Å². The molecule has 88 valence electrons. The van der Waals surface area contributed by atoms with Gasteiger partial charge in [0.2, 0.25) is 0 Å². The van der Waals surface area contributed by atoms with E-state index in [0.717, 1.165) is 10.4 Å². The van der Waals surface area contributed by atoms with E-state index >= 15 is 0 Å². The Bertz CT molecular complexity index is 531. The van der Waals surface area contributed by atoms with Crippen LogP contribution in [-0.2, 0) is 0 Å². The predicted octanol–water partition coefficient (Wildman–Crippen LogP) is 3.06. The maximum atomic E-state index is 11.9. The summed E-state index contributed by atoms with van der Waals surface area (Å²) < 4.78 is 0. The molecule has 0 atom stereocenters. The van der Waals surface area contributed by atoms with Crippen LogP contribution in [0.3, 0.4) is 0 Å². The number of hydrogen-bond acceptors (Lipinski definition) is 4. The number of carbonyl (C=O) groups is 1. The number of aryl methyl sites for hydroxylation is 2. The summed E-state index contributed by atoms with van der Waals surface area (Å²) in [5.41, 5.74) is 1.11. The normalized spacial score (nSPS) is 10.3. The van der Waals surface area contributed by atoms with Crippen molar-refractivity contribution < 1.29 is 4.79 Å². The minimum atomic E-state index is -0.178. The first-order valence-corrected chi connectivity index (χ1v) is 6.13. The Hall–Kier alpha value is -1.46. The van der Waals surface area contributed by atoms with Crippen molar-refractivity contribution in [2.45, 2.75) is 13.8 Å². The maximum absolute atomic E-state index is 11.9. The Morgan fingerprint density at radius 2 is 2.12 bits per heavy atom. The molecule has 0 bridgehead atoms. The molecule has 0 unspecified atom stereocenters. The van der Waals surface area contributed by atoms with E-state index in [1.54, 1.807) is 12.1 Å². The zero-order valence-corrected chi connectivity index (χ0v) is 10.9. The van der Waals surface area contributed by atoms with E-state index in [9.17, 15) is 4.79 Å². The number of amides is 1. The Labute approximate surface area is 108 Å². The van der Waals surface area contributed by atoms with Crippen molar-refractivity contribution in [3.8, 4) is 0 Å². The largest absolute Gasteiger partial charge is 0.304 e. The molecular weight excluding hydrogens is 258 g/mol. The molecule has 1 amide bonds. The smallest absolute Gasteiger partial charge is 0.266 e. The predicted molar refractivity (Wildman–Crippen MR) is 68.8 cm³/mol. The minimum Gasteiger partial charge on any atom is -0.304 e. The van der Waals surface area contributed by atoms with Crippen molar-refractivity contribution >= 4 is 34.7 Å². The highest BCUT2D eigenvalue weighted by atomic mass is 35.5. The maximum Gasteiger partial charge on any atom is 0.266 e. The van der Waals surface area contributed by atoms with Crippen LogP contribution in [0.25, 0.3) is 0 Å². The van der Waals surface area contributed by atoms with Crippen LogP contribution in [0.1, 0.15) is 20.1 Å². The Balaban J connectivity index is 2.14. The molecule has 2 heterocycles. The molecule has 0 aliphatic heterocycles. The Morgan fingerprint density at radius 3 is 2.65 bits per heavy atom. The quantitative estimate of drug-likeness (QED) is 0.910. The van der Waals surface area contributed by atoms with Crippen LogP contribution in [0.5, 0.6) is 0 Å². The summed E-state index contributed by atoms with van der Waals surface area (Å²) in [5.74, 6) is 0.214. The SMILES string of the molecule is Cc1cc(C(=O)Nc2ccc(Cl)nn2)sc1C. The summed E-state index contributed by atoms with van der Waals surface area (Å²) >= 11 is 7.06. The number of nitrogens with zero attached hydrogens (tertiary/aromatic N) is 2. The molecule has 2 rings (SSSR count). The Morgan fingerprint density at radius 1 is 1.35 bits per heavy atom. The van der Waals surface area contributed by atoms with E-state index in [-0.39, 0.29) is 5.91 Å². The van der Waals surface area contributed by atoms with Crippen LogP contribution in [0.2, 0.25) is 5.15 Å². The number of halogens is 1. The zero-order chi connectivity index (χ0) is 12.4. The van der Waals surface area contributed by atoms with Crippen molar-refractivity contribution in [1.82, 2.24) is 10.2 Å². The summed E-state index contributed by atoms with van der Waals surface area (Å²) in [4.78, 5) is 13.7. The van der Waals surface area contributed by atoms with Crippen LogP contribution in [-0.4, -0.2) is 16.1 Å². The summed E-state index contributed by atoms with van der Waals surface area (Å²) in [6.07, 6.45) is 0. The lowest BCUT2D eigenvalue weighted by Crippen LogP contribution is -2.11. The number of thiophene rings is 1. The van der Waals surface area contributed by atoms with E-state index in [1.807, 2.05) is 19.9 Å². The minimum absolute atomic E-state index is 0.178. The summed E-state index contributed by atoms with van der Waals surface area (Å²) in [7, 11) is 0. The number of nitrogens with one attached hydrogen (secondary N) is 1. The fourth-order valence-electron chi connectivity index (χ4n) is 1.25. The van der Waals surface area contributed by atoms with Crippen LogP contribution >= 0.6 is 22.9 Å². The highest BCUT2D eigenvalue weighted by Crippen LogP contribution is 2.21. The second kappa shape index (κ2) is 4.81. The molecule has 0 saturated heterocycles. The lowest BCUT2D eigenvalue weighted by molar-refractivity contribution is 0.103. The molecule has 0 aliphatic rings. The number of hydrogen-bond donors (Lipinski definition) is 1. The molecule has 1 N–H and O–H groups in total. The number of aromatic nitrogens is 2. The standard InChI is InChI=1S/C11H10ClN3OS/c1-6-5-8(17-7(6)2)11(16)13-10-4-3-9(12)14-15-10/h3-5H,1-2H3,(H,13,15,16). The van der Waals surface area contributed by atoms with Crippen molar-refractivity contribution in [3.05, 3.63) is 38.7 Å². The summed E-state index contributed by atoms with van der Waals surface area (Å²) in [6.45, 7) is 3.96. The molecule has 0 fully saturated rings. The highest BCUT2D eigenvalue weighted by molar-refractivity contribution is 7.14. The first-order valence-electron chi connectivity index (χ1n) is 4.94. The van der Waals surface area contributed by atoms with Crippen molar-refractivity contribution in [3.63, 3.8) is 0 Å². The van der Waals surface area contributed by atoms with Gasteiger partial charge in [-0.25, -0.2) is 0 Å². The van der Waals surface area contributed by atoms with Crippen LogP contribution in [0, 0.1) is 13.8 Å². The van der Waals surface area contributed by atoms with Gasteiger partial charge in [0.05, 0.1) is 4.88 Å². The molecule has 6 heteroatoms. The van der Waals surface area contributed by atoms with Gasteiger partial charge in [-0.2, -0.15) is 0 Å². The monoisotopic (exact) mass is 267 g/mol.